The fourth-order valence-electron chi connectivity index (χ4n) is 2.63. The molecule has 0 spiro atoms. The third-order valence-corrected chi connectivity index (χ3v) is 3.75. The number of carbonyl (C=O) groups is 1. The summed E-state index contributed by atoms with van der Waals surface area (Å²) in [6, 6.07) is 6.43. The van der Waals surface area contributed by atoms with Gasteiger partial charge in [0.15, 0.2) is 6.10 Å². The smallest absolute Gasteiger partial charge is 0.255 e. The number of anilines is 2. The topological polar surface area (TPSA) is 59.6 Å². The van der Waals surface area contributed by atoms with Crippen molar-refractivity contribution in [2.24, 2.45) is 0 Å². The van der Waals surface area contributed by atoms with Gasteiger partial charge in [0.05, 0.1) is 31.2 Å². The second kappa shape index (κ2) is 5.81. The summed E-state index contributed by atoms with van der Waals surface area (Å²) in [5.74, 6) is -0.141. The molecule has 2 aliphatic heterocycles. The van der Waals surface area contributed by atoms with E-state index in [0.29, 0.717) is 25.9 Å². The first-order chi connectivity index (χ1) is 9.74. The van der Waals surface area contributed by atoms with Crippen LogP contribution < -0.4 is 10.6 Å². The van der Waals surface area contributed by atoms with Gasteiger partial charge in [0.25, 0.3) is 5.91 Å². The number of hydrogen-bond acceptors (Lipinski definition) is 4. The Kier molecular flexibility index (Phi) is 3.89. The largest absolute Gasteiger partial charge is 0.381 e. The number of benzene rings is 1. The van der Waals surface area contributed by atoms with E-state index in [-0.39, 0.29) is 5.91 Å². The van der Waals surface area contributed by atoms with Gasteiger partial charge in [0.2, 0.25) is 0 Å². The molecule has 2 unspecified atom stereocenters. The van der Waals surface area contributed by atoms with Crippen LogP contribution in [0.2, 0.25) is 0 Å². The number of fused-ring (bicyclic) bond motifs is 1. The molecule has 1 saturated heterocycles. The van der Waals surface area contributed by atoms with Crippen molar-refractivity contribution in [1.82, 2.24) is 0 Å². The maximum atomic E-state index is 12.2. The maximum Gasteiger partial charge on any atom is 0.255 e. The Bertz CT molecular complexity index is 498. The molecular formula is C15H20N2O3. The highest BCUT2D eigenvalue weighted by Crippen LogP contribution is 2.32. The number of amides is 1. The van der Waals surface area contributed by atoms with Gasteiger partial charge in [0.1, 0.15) is 0 Å². The van der Waals surface area contributed by atoms with E-state index in [4.69, 9.17) is 9.47 Å². The molecule has 1 aromatic carbocycles. The molecule has 0 radical (unpaired) electrons. The number of hydrogen-bond donors (Lipinski definition) is 2. The van der Waals surface area contributed by atoms with E-state index >= 15 is 0 Å². The molecule has 1 amide bonds. The van der Waals surface area contributed by atoms with E-state index in [1.54, 1.807) is 0 Å². The Morgan fingerprint density at radius 1 is 1.40 bits per heavy atom. The van der Waals surface area contributed by atoms with Crippen LogP contribution >= 0.6 is 0 Å². The molecule has 1 fully saturated rings. The lowest BCUT2D eigenvalue weighted by molar-refractivity contribution is -0.142. The minimum absolute atomic E-state index is 0.141. The van der Waals surface area contributed by atoms with Crippen LogP contribution in [0.15, 0.2) is 18.2 Å². The Balaban J connectivity index is 1.75. The average Bonchev–Trinajstić information content (AvgIpc) is 2.49. The molecule has 2 N–H and O–H groups in total. The number of nitrogens with one attached hydrogen (secondary N) is 2. The molecule has 3 rings (SSSR count). The summed E-state index contributed by atoms with van der Waals surface area (Å²) >= 11 is 0. The van der Waals surface area contributed by atoms with E-state index < -0.39 is 6.10 Å². The quantitative estimate of drug-likeness (QED) is 0.864. The van der Waals surface area contributed by atoms with Gasteiger partial charge in [0, 0.05) is 6.04 Å². The zero-order chi connectivity index (χ0) is 13.9. The lowest BCUT2D eigenvalue weighted by Crippen LogP contribution is -2.39. The van der Waals surface area contributed by atoms with Gasteiger partial charge in [-0.15, -0.1) is 0 Å². The van der Waals surface area contributed by atoms with Crippen molar-refractivity contribution in [3.63, 3.8) is 0 Å². The molecule has 0 saturated carbocycles. The van der Waals surface area contributed by atoms with Gasteiger partial charge in [-0.2, -0.15) is 0 Å². The van der Waals surface area contributed by atoms with Crippen molar-refractivity contribution in [1.29, 1.82) is 0 Å². The lowest BCUT2D eigenvalue weighted by atomic mass is 9.98. The highest BCUT2D eigenvalue weighted by molar-refractivity contribution is 5.97. The highest BCUT2D eigenvalue weighted by Gasteiger charge is 2.24. The van der Waals surface area contributed by atoms with Crippen LogP contribution in [0.5, 0.6) is 0 Å². The summed E-state index contributed by atoms with van der Waals surface area (Å²) in [7, 11) is 0. The van der Waals surface area contributed by atoms with Crippen LogP contribution in [0.3, 0.4) is 0 Å². The number of carbonyl (C=O) groups excluding carboxylic acids is 1. The van der Waals surface area contributed by atoms with E-state index in [1.807, 2.05) is 12.1 Å². The third-order valence-electron chi connectivity index (χ3n) is 3.75. The number of ether oxygens (including phenoxy) is 2. The summed E-state index contributed by atoms with van der Waals surface area (Å²) < 4.78 is 10.7. The Hall–Kier alpha value is -1.59. The second-order valence-electron chi connectivity index (χ2n) is 5.35. The Morgan fingerprint density at radius 2 is 2.30 bits per heavy atom. The Morgan fingerprint density at radius 3 is 3.10 bits per heavy atom. The number of rotatable bonds is 2. The van der Waals surface area contributed by atoms with Crippen molar-refractivity contribution in [3.05, 3.63) is 23.8 Å². The minimum Gasteiger partial charge on any atom is -0.381 e. The van der Waals surface area contributed by atoms with Crippen molar-refractivity contribution in [2.75, 3.05) is 30.5 Å². The van der Waals surface area contributed by atoms with Crippen LogP contribution in [0.1, 0.15) is 18.9 Å². The van der Waals surface area contributed by atoms with E-state index in [9.17, 15) is 4.79 Å². The summed E-state index contributed by atoms with van der Waals surface area (Å²) in [6.45, 7) is 3.51. The summed E-state index contributed by atoms with van der Waals surface area (Å²) in [5, 5.41) is 6.40. The van der Waals surface area contributed by atoms with Crippen LogP contribution in [0.4, 0.5) is 11.4 Å². The molecule has 0 aliphatic carbocycles. The average molecular weight is 276 g/mol. The SMILES string of the molecule is CC1CCc2cccc(NC(=O)C3COCCO3)c2N1. The zero-order valence-electron chi connectivity index (χ0n) is 11.6. The monoisotopic (exact) mass is 276 g/mol. The second-order valence-corrected chi connectivity index (χ2v) is 5.35. The van der Waals surface area contributed by atoms with Gasteiger partial charge in [-0.25, -0.2) is 0 Å². The normalized spacial score (nSPS) is 25.4. The first-order valence-corrected chi connectivity index (χ1v) is 7.12. The van der Waals surface area contributed by atoms with E-state index in [1.165, 1.54) is 5.56 Å². The van der Waals surface area contributed by atoms with Crippen LogP contribution in [-0.4, -0.2) is 37.9 Å². The summed E-state index contributed by atoms with van der Waals surface area (Å²) in [5.41, 5.74) is 3.12. The molecule has 2 aliphatic rings. The standard InChI is InChI=1S/C15H20N2O3/c1-10-5-6-11-3-2-4-12(14(11)16-10)17-15(18)13-9-19-7-8-20-13/h2-4,10,13,16H,5-9H2,1H3,(H,17,18). The van der Waals surface area contributed by atoms with E-state index in [0.717, 1.165) is 24.2 Å². The maximum absolute atomic E-state index is 12.2. The summed E-state index contributed by atoms with van der Waals surface area (Å²) in [4.78, 5) is 12.2. The lowest BCUT2D eigenvalue weighted by Gasteiger charge is -2.27. The van der Waals surface area contributed by atoms with Gasteiger partial charge < -0.3 is 20.1 Å². The minimum atomic E-state index is -0.513. The van der Waals surface area contributed by atoms with Crippen molar-refractivity contribution < 1.29 is 14.3 Å². The van der Waals surface area contributed by atoms with Crippen molar-refractivity contribution in [2.45, 2.75) is 31.9 Å². The van der Waals surface area contributed by atoms with Gasteiger partial charge in [-0.3, -0.25) is 4.79 Å². The van der Waals surface area contributed by atoms with Gasteiger partial charge in [-0.1, -0.05) is 12.1 Å². The fraction of sp³-hybridized carbons (Fsp3) is 0.533. The van der Waals surface area contributed by atoms with Gasteiger partial charge in [-0.05, 0) is 31.4 Å². The number of aryl methyl sites for hydroxylation is 1. The van der Waals surface area contributed by atoms with E-state index in [2.05, 4.69) is 23.6 Å². The highest BCUT2D eigenvalue weighted by atomic mass is 16.6. The predicted molar refractivity (Wildman–Crippen MR) is 77.0 cm³/mol. The first-order valence-electron chi connectivity index (χ1n) is 7.12. The zero-order valence-corrected chi connectivity index (χ0v) is 11.6. The van der Waals surface area contributed by atoms with Crippen LogP contribution in [-0.2, 0) is 20.7 Å². The summed E-state index contributed by atoms with van der Waals surface area (Å²) in [6.07, 6.45) is 1.64. The molecule has 5 heteroatoms. The van der Waals surface area contributed by atoms with Gasteiger partial charge >= 0.3 is 0 Å². The molecule has 108 valence electrons. The Labute approximate surface area is 118 Å². The van der Waals surface area contributed by atoms with Crippen LogP contribution in [0, 0.1) is 0 Å². The van der Waals surface area contributed by atoms with Crippen molar-refractivity contribution in [3.8, 4) is 0 Å². The molecule has 0 aromatic heterocycles. The molecule has 2 heterocycles. The molecular weight excluding hydrogens is 256 g/mol. The molecule has 20 heavy (non-hydrogen) atoms. The predicted octanol–water partition coefficient (Wildman–Crippen LogP) is 1.79. The molecule has 1 aromatic rings. The van der Waals surface area contributed by atoms with Crippen molar-refractivity contribution >= 4 is 17.3 Å². The van der Waals surface area contributed by atoms with Crippen LogP contribution in [0.25, 0.3) is 0 Å². The first kappa shape index (κ1) is 13.4. The molecule has 5 nitrogen and oxygen atoms in total. The molecule has 0 bridgehead atoms. The molecule has 2 atom stereocenters. The number of para-hydroxylation sites is 1. The fourth-order valence-corrected chi connectivity index (χ4v) is 2.63. The third kappa shape index (κ3) is 2.78.